The zero-order chi connectivity index (χ0) is 11.1. The van der Waals surface area contributed by atoms with E-state index in [1.807, 2.05) is 12.1 Å². The van der Waals surface area contributed by atoms with Crippen LogP contribution < -0.4 is 5.32 Å². The number of rotatable bonds is 5. The van der Waals surface area contributed by atoms with E-state index in [0.717, 1.165) is 11.8 Å². The monoisotopic (exact) mass is 269 g/mol. The van der Waals surface area contributed by atoms with Crippen LogP contribution in [-0.2, 0) is 11.2 Å². The summed E-state index contributed by atoms with van der Waals surface area (Å²) in [5.74, 6) is 0.123. The van der Waals surface area contributed by atoms with Gasteiger partial charge in [0.15, 0.2) is 0 Å². The summed E-state index contributed by atoms with van der Waals surface area (Å²) in [5, 5.41) is 3.64. The molecule has 0 fully saturated rings. The predicted octanol–water partition coefficient (Wildman–Crippen LogP) is 2.44. The standard InChI is InChI=1S/C12H16BrNO/c1-10-4-2-3-5-11(10)6-7-12(15)14-9-8-13/h2-5H,6-9H2,1H3,(H,14,15). The molecule has 0 radical (unpaired) electrons. The van der Waals surface area contributed by atoms with Gasteiger partial charge in [-0.3, -0.25) is 4.79 Å². The first-order valence-corrected chi connectivity index (χ1v) is 6.23. The number of amides is 1. The Bertz CT molecular complexity index is 325. The maximum Gasteiger partial charge on any atom is 0.220 e. The van der Waals surface area contributed by atoms with Gasteiger partial charge >= 0.3 is 0 Å². The molecule has 0 bridgehead atoms. The number of halogens is 1. The van der Waals surface area contributed by atoms with Crippen LogP contribution in [0.25, 0.3) is 0 Å². The first-order chi connectivity index (χ1) is 7.24. The third-order valence-electron chi connectivity index (χ3n) is 2.30. The fraction of sp³-hybridized carbons (Fsp3) is 0.417. The van der Waals surface area contributed by atoms with Crippen LogP contribution in [0.3, 0.4) is 0 Å². The predicted molar refractivity (Wildman–Crippen MR) is 66.3 cm³/mol. The van der Waals surface area contributed by atoms with Gasteiger partial charge in [0.05, 0.1) is 0 Å². The second-order valence-corrected chi connectivity index (χ2v) is 4.26. The minimum Gasteiger partial charge on any atom is -0.355 e. The third kappa shape index (κ3) is 4.47. The van der Waals surface area contributed by atoms with Gasteiger partial charge in [0.25, 0.3) is 0 Å². The van der Waals surface area contributed by atoms with Crippen LogP contribution in [0.2, 0.25) is 0 Å². The number of carbonyl (C=O) groups excluding carboxylic acids is 1. The lowest BCUT2D eigenvalue weighted by Gasteiger charge is -2.05. The molecule has 15 heavy (non-hydrogen) atoms. The summed E-state index contributed by atoms with van der Waals surface area (Å²) in [7, 11) is 0. The molecule has 0 aliphatic carbocycles. The van der Waals surface area contributed by atoms with Crippen molar-refractivity contribution in [2.24, 2.45) is 0 Å². The molecule has 1 N–H and O–H groups in total. The Labute approximate surface area is 99.2 Å². The Kier molecular flexibility index (Phi) is 5.40. The highest BCUT2D eigenvalue weighted by Gasteiger charge is 2.02. The number of benzene rings is 1. The van der Waals surface area contributed by atoms with Crippen molar-refractivity contribution in [2.75, 3.05) is 11.9 Å². The molecule has 0 heterocycles. The molecule has 0 aromatic heterocycles. The molecule has 3 heteroatoms. The first kappa shape index (κ1) is 12.2. The van der Waals surface area contributed by atoms with Gasteiger partial charge in [0.2, 0.25) is 5.91 Å². The maximum atomic E-state index is 11.4. The molecule has 0 unspecified atom stereocenters. The summed E-state index contributed by atoms with van der Waals surface area (Å²) in [6.07, 6.45) is 1.39. The summed E-state index contributed by atoms with van der Waals surface area (Å²) in [5.41, 5.74) is 2.51. The van der Waals surface area contributed by atoms with Gasteiger partial charge in [0, 0.05) is 18.3 Å². The molecular weight excluding hydrogens is 254 g/mol. The second-order valence-electron chi connectivity index (χ2n) is 3.47. The first-order valence-electron chi connectivity index (χ1n) is 5.11. The Morgan fingerprint density at radius 1 is 1.40 bits per heavy atom. The highest BCUT2D eigenvalue weighted by Crippen LogP contribution is 2.09. The highest BCUT2D eigenvalue weighted by molar-refractivity contribution is 9.09. The van der Waals surface area contributed by atoms with Gasteiger partial charge in [-0.05, 0) is 24.5 Å². The molecule has 1 aromatic rings. The summed E-state index contributed by atoms with van der Waals surface area (Å²) in [6, 6.07) is 8.18. The normalized spacial score (nSPS) is 10.0. The molecule has 0 saturated heterocycles. The Balaban J connectivity index is 2.37. The third-order valence-corrected chi connectivity index (χ3v) is 2.70. The van der Waals surface area contributed by atoms with E-state index >= 15 is 0 Å². The summed E-state index contributed by atoms with van der Waals surface area (Å²) < 4.78 is 0. The molecule has 2 nitrogen and oxygen atoms in total. The van der Waals surface area contributed by atoms with Crippen molar-refractivity contribution in [3.05, 3.63) is 35.4 Å². The molecule has 1 aromatic carbocycles. The van der Waals surface area contributed by atoms with Crippen molar-refractivity contribution in [3.63, 3.8) is 0 Å². The number of alkyl halides is 1. The Morgan fingerprint density at radius 2 is 2.13 bits per heavy atom. The van der Waals surface area contributed by atoms with Crippen molar-refractivity contribution in [1.29, 1.82) is 0 Å². The number of aryl methyl sites for hydroxylation is 2. The van der Waals surface area contributed by atoms with E-state index in [1.54, 1.807) is 0 Å². The fourth-order valence-corrected chi connectivity index (χ4v) is 1.61. The van der Waals surface area contributed by atoms with Crippen LogP contribution in [0.1, 0.15) is 17.5 Å². The molecular formula is C12H16BrNO. The van der Waals surface area contributed by atoms with E-state index in [4.69, 9.17) is 0 Å². The van der Waals surface area contributed by atoms with Crippen molar-refractivity contribution in [1.82, 2.24) is 5.32 Å². The SMILES string of the molecule is Cc1ccccc1CCC(=O)NCCBr. The van der Waals surface area contributed by atoms with Crippen molar-refractivity contribution in [3.8, 4) is 0 Å². The van der Waals surface area contributed by atoms with Crippen LogP contribution in [0.4, 0.5) is 0 Å². The molecule has 82 valence electrons. The fourth-order valence-electron chi connectivity index (χ4n) is 1.41. The van der Waals surface area contributed by atoms with Crippen LogP contribution in [0.5, 0.6) is 0 Å². The number of hydrogen-bond donors (Lipinski definition) is 1. The van der Waals surface area contributed by atoms with Crippen LogP contribution in [-0.4, -0.2) is 17.8 Å². The van der Waals surface area contributed by atoms with Crippen LogP contribution in [0, 0.1) is 6.92 Å². The summed E-state index contributed by atoms with van der Waals surface area (Å²) >= 11 is 3.27. The van der Waals surface area contributed by atoms with Crippen LogP contribution >= 0.6 is 15.9 Å². The number of nitrogens with one attached hydrogen (secondary N) is 1. The zero-order valence-corrected chi connectivity index (χ0v) is 10.5. The quantitative estimate of drug-likeness (QED) is 0.818. The van der Waals surface area contributed by atoms with Crippen molar-refractivity contribution in [2.45, 2.75) is 19.8 Å². The average molecular weight is 270 g/mol. The average Bonchev–Trinajstić information content (AvgIpc) is 2.25. The topological polar surface area (TPSA) is 29.1 Å². The molecule has 0 spiro atoms. The minimum atomic E-state index is 0.123. The van der Waals surface area contributed by atoms with E-state index in [-0.39, 0.29) is 5.91 Å². The lowest BCUT2D eigenvalue weighted by atomic mass is 10.0. The van der Waals surface area contributed by atoms with E-state index in [2.05, 4.69) is 40.3 Å². The van der Waals surface area contributed by atoms with Gasteiger partial charge < -0.3 is 5.32 Å². The summed E-state index contributed by atoms with van der Waals surface area (Å²) in [6.45, 7) is 2.78. The number of carbonyl (C=O) groups is 1. The molecule has 0 saturated carbocycles. The van der Waals surface area contributed by atoms with E-state index in [9.17, 15) is 4.79 Å². The lowest BCUT2D eigenvalue weighted by molar-refractivity contribution is -0.120. The smallest absolute Gasteiger partial charge is 0.220 e. The van der Waals surface area contributed by atoms with Crippen LogP contribution in [0.15, 0.2) is 24.3 Å². The largest absolute Gasteiger partial charge is 0.355 e. The van der Waals surface area contributed by atoms with E-state index in [0.29, 0.717) is 13.0 Å². The van der Waals surface area contributed by atoms with Gasteiger partial charge in [-0.1, -0.05) is 40.2 Å². The molecule has 0 aliphatic heterocycles. The van der Waals surface area contributed by atoms with Crippen molar-refractivity contribution >= 4 is 21.8 Å². The molecule has 0 aliphatic rings. The van der Waals surface area contributed by atoms with Crippen molar-refractivity contribution < 1.29 is 4.79 Å². The van der Waals surface area contributed by atoms with Gasteiger partial charge in [-0.15, -0.1) is 0 Å². The lowest BCUT2D eigenvalue weighted by Crippen LogP contribution is -2.25. The van der Waals surface area contributed by atoms with E-state index < -0.39 is 0 Å². The van der Waals surface area contributed by atoms with Gasteiger partial charge in [-0.25, -0.2) is 0 Å². The van der Waals surface area contributed by atoms with E-state index in [1.165, 1.54) is 11.1 Å². The summed E-state index contributed by atoms with van der Waals surface area (Å²) in [4.78, 5) is 11.4. The second kappa shape index (κ2) is 6.62. The molecule has 0 atom stereocenters. The minimum absolute atomic E-state index is 0.123. The Morgan fingerprint density at radius 3 is 2.80 bits per heavy atom. The van der Waals surface area contributed by atoms with Gasteiger partial charge in [-0.2, -0.15) is 0 Å². The molecule has 1 amide bonds. The Hall–Kier alpha value is -0.830. The zero-order valence-electron chi connectivity index (χ0n) is 8.92. The number of hydrogen-bond acceptors (Lipinski definition) is 1. The maximum absolute atomic E-state index is 11.4. The van der Waals surface area contributed by atoms with Gasteiger partial charge in [0.1, 0.15) is 0 Å². The molecule has 1 rings (SSSR count). The highest BCUT2D eigenvalue weighted by atomic mass is 79.9.